The second kappa shape index (κ2) is 7.15. The SMILES string of the molecule is CC[C@H]1CN(C)C(C)CN1c1ccc2c(ccc3sc4c(c32)NCCNC4=O)n1. The number of rotatable bonds is 2. The number of fused-ring (bicyclic) bond motifs is 5. The van der Waals surface area contributed by atoms with Crippen LogP contribution in [0.15, 0.2) is 24.3 Å². The molecule has 4 heterocycles. The zero-order valence-corrected chi connectivity index (χ0v) is 18.0. The molecule has 2 atom stereocenters. The third kappa shape index (κ3) is 3.04. The fraction of sp³-hybridized carbons (Fsp3) is 0.455. The molecule has 1 amide bonds. The van der Waals surface area contributed by atoms with Crippen molar-refractivity contribution in [1.82, 2.24) is 15.2 Å². The first-order chi connectivity index (χ1) is 14.1. The van der Waals surface area contributed by atoms with Gasteiger partial charge in [-0.3, -0.25) is 9.69 Å². The first-order valence-electron chi connectivity index (χ1n) is 10.4. The average Bonchev–Trinajstić information content (AvgIpc) is 3.02. The Bertz CT molecular complexity index is 1090. The number of hydrogen-bond acceptors (Lipinski definition) is 6. The van der Waals surface area contributed by atoms with Crippen molar-refractivity contribution in [3.63, 3.8) is 0 Å². The number of hydrogen-bond donors (Lipinski definition) is 2. The molecular formula is C22H27N5OS. The van der Waals surface area contributed by atoms with Gasteiger partial charge in [-0.05, 0) is 44.7 Å². The van der Waals surface area contributed by atoms with Crippen molar-refractivity contribution in [3.8, 4) is 0 Å². The molecule has 3 aromatic rings. The van der Waals surface area contributed by atoms with E-state index in [-0.39, 0.29) is 5.91 Å². The first-order valence-corrected chi connectivity index (χ1v) is 11.2. The van der Waals surface area contributed by atoms with Crippen molar-refractivity contribution < 1.29 is 4.79 Å². The quantitative estimate of drug-likeness (QED) is 0.678. The van der Waals surface area contributed by atoms with Gasteiger partial charge in [0.15, 0.2) is 0 Å². The number of amides is 1. The number of benzene rings is 1. The predicted molar refractivity (Wildman–Crippen MR) is 121 cm³/mol. The lowest BCUT2D eigenvalue weighted by atomic mass is 10.0. The molecular weight excluding hydrogens is 382 g/mol. The lowest BCUT2D eigenvalue weighted by Gasteiger charge is -2.44. The lowest BCUT2D eigenvalue weighted by Crippen LogP contribution is -2.56. The molecule has 0 aliphatic carbocycles. The zero-order chi connectivity index (χ0) is 20.1. The van der Waals surface area contributed by atoms with Crippen LogP contribution in [0.5, 0.6) is 0 Å². The molecule has 1 unspecified atom stereocenters. The van der Waals surface area contributed by atoms with Crippen molar-refractivity contribution in [3.05, 3.63) is 29.1 Å². The van der Waals surface area contributed by atoms with Gasteiger partial charge in [0.25, 0.3) is 5.91 Å². The van der Waals surface area contributed by atoms with E-state index in [0.29, 0.717) is 18.6 Å². The summed E-state index contributed by atoms with van der Waals surface area (Å²) in [4.78, 5) is 23.2. The smallest absolute Gasteiger partial charge is 0.263 e. The van der Waals surface area contributed by atoms with Gasteiger partial charge in [-0.15, -0.1) is 11.3 Å². The first kappa shape index (κ1) is 18.6. The Morgan fingerprint density at radius 2 is 2.00 bits per heavy atom. The summed E-state index contributed by atoms with van der Waals surface area (Å²) in [6.07, 6.45) is 1.10. The molecule has 0 spiro atoms. The van der Waals surface area contributed by atoms with Crippen LogP contribution in [0.1, 0.15) is 29.9 Å². The molecule has 7 heteroatoms. The van der Waals surface area contributed by atoms with E-state index in [9.17, 15) is 4.79 Å². The van der Waals surface area contributed by atoms with E-state index in [4.69, 9.17) is 4.98 Å². The van der Waals surface area contributed by atoms with Crippen molar-refractivity contribution in [2.24, 2.45) is 0 Å². The number of anilines is 2. The van der Waals surface area contributed by atoms with E-state index in [2.05, 4.69) is 65.6 Å². The highest BCUT2D eigenvalue weighted by Gasteiger charge is 2.29. The van der Waals surface area contributed by atoms with Gasteiger partial charge in [-0.1, -0.05) is 6.92 Å². The van der Waals surface area contributed by atoms with Crippen molar-refractivity contribution in [2.75, 3.05) is 43.4 Å². The zero-order valence-electron chi connectivity index (χ0n) is 17.2. The van der Waals surface area contributed by atoms with Crippen LogP contribution < -0.4 is 15.5 Å². The van der Waals surface area contributed by atoms with Gasteiger partial charge in [-0.2, -0.15) is 0 Å². The molecule has 0 bridgehead atoms. The number of likely N-dealkylation sites (N-methyl/N-ethyl adjacent to an activating group) is 1. The van der Waals surface area contributed by atoms with Crippen molar-refractivity contribution in [1.29, 1.82) is 0 Å². The van der Waals surface area contributed by atoms with Crippen LogP contribution in [0, 0.1) is 0 Å². The number of carbonyl (C=O) groups excluding carboxylic acids is 1. The molecule has 1 saturated heterocycles. The van der Waals surface area contributed by atoms with E-state index in [0.717, 1.165) is 63.4 Å². The standard InChI is InChI=1S/C22H27N5OS/c1-4-14-12-26(3)13(2)11-27(14)18-8-5-15-16(25-18)6-7-17-19(15)20-21(29-17)22(28)24-10-9-23-20/h5-8,13-14,23H,4,9-12H2,1-3H3,(H,24,28)/t13?,14-/m0/s1. The molecule has 2 aliphatic rings. The second-order valence-corrected chi connectivity index (χ2v) is 9.22. The molecule has 2 aliphatic heterocycles. The van der Waals surface area contributed by atoms with Crippen LogP contribution >= 0.6 is 11.3 Å². The second-order valence-electron chi connectivity index (χ2n) is 8.17. The van der Waals surface area contributed by atoms with E-state index < -0.39 is 0 Å². The summed E-state index contributed by atoms with van der Waals surface area (Å²) in [6, 6.07) is 9.53. The number of nitrogens with one attached hydrogen (secondary N) is 2. The number of pyridine rings is 1. The minimum absolute atomic E-state index is 0.0149. The Hall–Kier alpha value is -2.38. The Labute approximate surface area is 174 Å². The van der Waals surface area contributed by atoms with E-state index in [1.807, 2.05) is 0 Å². The van der Waals surface area contributed by atoms with Crippen LogP contribution in [-0.4, -0.2) is 61.1 Å². The number of piperazine rings is 1. The third-order valence-electron chi connectivity index (χ3n) is 6.34. The maximum atomic E-state index is 12.4. The van der Waals surface area contributed by atoms with Crippen LogP contribution in [0.4, 0.5) is 11.5 Å². The molecule has 1 aromatic carbocycles. The molecule has 29 heavy (non-hydrogen) atoms. The summed E-state index contributed by atoms with van der Waals surface area (Å²) >= 11 is 1.55. The van der Waals surface area contributed by atoms with Gasteiger partial charge in [0.1, 0.15) is 10.7 Å². The van der Waals surface area contributed by atoms with Crippen molar-refractivity contribution in [2.45, 2.75) is 32.4 Å². The lowest BCUT2D eigenvalue weighted by molar-refractivity contribution is 0.0962. The maximum absolute atomic E-state index is 12.4. The molecule has 5 rings (SSSR count). The minimum atomic E-state index is 0.0149. The van der Waals surface area contributed by atoms with Gasteiger partial charge in [0, 0.05) is 53.7 Å². The Balaban J connectivity index is 1.62. The number of thiophene rings is 1. The highest BCUT2D eigenvalue weighted by Crippen LogP contribution is 2.41. The van der Waals surface area contributed by atoms with E-state index in [1.54, 1.807) is 11.3 Å². The summed E-state index contributed by atoms with van der Waals surface area (Å²) in [5, 5.41) is 8.66. The summed E-state index contributed by atoms with van der Waals surface area (Å²) in [6.45, 7) is 7.97. The highest BCUT2D eigenvalue weighted by molar-refractivity contribution is 7.21. The van der Waals surface area contributed by atoms with Crippen molar-refractivity contribution >= 4 is 49.7 Å². The topological polar surface area (TPSA) is 60.5 Å². The Kier molecular flexibility index (Phi) is 4.59. The number of carbonyl (C=O) groups is 1. The maximum Gasteiger partial charge on any atom is 0.263 e. The summed E-state index contributed by atoms with van der Waals surface area (Å²) in [7, 11) is 2.21. The number of aromatic nitrogens is 1. The minimum Gasteiger partial charge on any atom is -0.381 e. The summed E-state index contributed by atoms with van der Waals surface area (Å²) in [5.74, 6) is 1.07. The van der Waals surface area contributed by atoms with Gasteiger partial charge in [0.2, 0.25) is 0 Å². The van der Waals surface area contributed by atoms with Gasteiger partial charge < -0.3 is 15.5 Å². The highest BCUT2D eigenvalue weighted by atomic mass is 32.1. The molecule has 2 N–H and O–H groups in total. The van der Waals surface area contributed by atoms with E-state index >= 15 is 0 Å². The summed E-state index contributed by atoms with van der Waals surface area (Å²) in [5.41, 5.74) is 1.95. The van der Waals surface area contributed by atoms with Crippen LogP contribution in [0.3, 0.4) is 0 Å². The fourth-order valence-electron chi connectivity index (χ4n) is 4.54. The molecule has 0 saturated carbocycles. The van der Waals surface area contributed by atoms with Gasteiger partial charge in [-0.25, -0.2) is 4.98 Å². The van der Waals surface area contributed by atoms with Crippen LogP contribution in [-0.2, 0) is 0 Å². The molecule has 152 valence electrons. The number of nitrogens with zero attached hydrogens (tertiary/aromatic N) is 3. The van der Waals surface area contributed by atoms with E-state index in [1.165, 1.54) is 0 Å². The fourth-order valence-corrected chi connectivity index (χ4v) is 5.65. The molecule has 1 fully saturated rings. The van der Waals surface area contributed by atoms with Crippen LogP contribution in [0.25, 0.3) is 21.0 Å². The molecule has 0 radical (unpaired) electrons. The predicted octanol–water partition coefficient (Wildman–Crippen LogP) is 3.52. The Morgan fingerprint density at radius 1 is 1.17 bits per heavy atom. The molecule has 2 aromatic heterocycles. The van der Waals surface area contributed by atoms with Crippen LogP contribution in [0.2, 0.25) is 0 Å². The Morgan fingerprint density at radius 3 is 2.83 bits per heavy atom. The average molecular weight is 410 g/mol. The van der Waals surface area contributed by atoms with Gasteiger partial charge in [0.05, 0.1) is 11.2 Å². The monoisotopic (exact) mass is 409 g/mol. The third-order valence-corrected chi connectivity index (χ3v) is 7.50. The molecule has 6 nitrogen and oxygen atoms in total. The normalized spacial score (nSPS) is 23.0. The van der Waals surface area contributed by atoms with Gasteiger partial charge >= 0.3 is 0 Å². The largest absolute Gasteiger partial charge is 0.381 e. The summed E-state index contributed by atoms with van der Waals surface area (Å²) < 4.78 is 1.13.